The molecule has 1 heterocycles. The lowest BCUT2D eigenvalue weighted by Crippen LogP contribution is -2.52. The average Bonchev–Trinajstić information content (AvgIpc) is 2.53. The number of halogens is 1. The Bertz CT molecular complexity index is 588. The van der Waals surface area contributed by atoms with E-state index < -0.39 is 11.7 Å². The quantitative estimate of drug-likeness (QED) is 0.411. The predicted octanol–water partition coefficient (Wildman–Crippen LogP) is 0.970. The van der Waals surface area contributed by atoms with Crippen LogP contribution in [-0.2, 0) is 14.3 Å². The first-order chi connectivity index (χ1) is 10.9. The molecule has 0 aliphatic carbocycles. The van der Waals surface area contributed by atoms with E-state index in [1.807, 2.05) is 0 Å². The minimum absolute atomic E-state index is 0. The molecule has 1 aromatic carbocycles. The lowest BCUT2D eigenvalue weighted by Gasteiger charge is -2.37. The molecule has 134 valence electrons. The molecule has 0 radical (unpaired) electrons. The number of nitrogens with one attached hydrogen (secondary N) is 1. The molecule has 1 amide bonds. The lowest BCUT2D eigenvalue weighted by atomic mass is 10.1. The van der Waals surface area contributed by atoms with E-state index in [1.165, 1.54) is 25.3 Å². The van der Waals surface area contributed by atoms with E-state index in [2.05, 4.69) is 17.1 Å². The molecule has 0 atom stereocenters. The van der Waals surface area contributed by atoms with Gasteiger partial charge in [-0.3, -0.25) is 4.79 Å². The van der Waals surface area contributed by atoms with E-state index in [9.17, 15) is 14.7 Å². The van der Waals surface area contributed by atoms with Crippen molar-refractivity contribution in [2.75, 3.05) is 52.3 Å². The van der Waals surface area contributed by atoms with Gasteiger partial charge in [0.05, 0.1) is 45.9 Å². The number of hydrogen-bond acceptors (Lipinski definition) is 5. The third kappa shape index (κ3) is 5.60. The Kier molecular flexibility index (Phi) is 7.91. The number of esters is 1. The number of methoxy groups -OCH3 is 1. The molecular weight excluding hydrogens is 427 g/mol. The van der Waals surface area contributed by atoms with Crippen LogP contribution in [0.1, 0.15) is 16.8 Å². The second-order valence-corrected chi connectivity index (χ2v) is 5.90. The summed E-state index contributed by atoms with van der Waals surface area (Å²) in [5.74, 6) is -1.31. The molecule has 0 unspecified atom stereocenters. The standard InChI is InChI=1S/C16H22N2O5.HI/c1-18(7-9-23-10-8-18)6-5-15(20)17-12-3-4-13(14(19)11-12)16(21)22-2;/h3-4,11H,5-10H2,1-2H3,(H-,17,19,20,21);1H. The Balaban J connectivity index is 0.00000288. The minimum atomic E-state index is -0.683. The fourth-order valence-corrected chi connectivity index (χ4v) is 2.48. The molecule has 0 spiro atoms. The summed E-state index contributed by atoms with van der Waals surface area (Å²) < 4.78 is 10.7. The van der Waals surface area contributed by atoms with Gasteiger partial charge in [-0.1, -0.05) is 5.75 Å². The number of benzene rings is 1. The van der Waals surface area contributed by atoms with Crippen LogP contribution in [0.15, 0.2) is 18.2 Å². The van der Waals surface area contributed by atoms with E-state index in [0.29, 0.717) is 25.3 Å². The van der Waals surface area contributed by atoms with Crippen LogP contribution in [0.3, 0.4) is 0 Å². The molecule has 0 saturated carbocycles. The van der Waals surface area contributed by atoms with E-state index >= 15 is 0 Å². The third-order valence-electron chi connectivity index (χ3n) is 4.10. The Morgan fingerprint density at radius 2 is 2.00 bits per heavy atom. The normalized spacial score (nSPS) is 15.9. The molecule has 2 rings (SSSR count). The summed E-state index contributed by atoms with van der Waals surface area (Å²) in [6, 6.07) is 4.12. The first-order valence-corrected chi connectivity index (χ1v) is 7.54. The number of hydrogen-bond donors (Lipinski definition) is 1. The van der Waals surface area contributed by atoms with Crippen molar-refractivity contribution in [1.82, 2.24) is 0 Å². The van der Waals surface area contributed by atoms with Crippen molar-refractivity contribution in [2.24, 2.45) is 0 Å². The van der Waals surface area contributed by atoms with Crippen molar-refractivity contribution in [3.63, 3.8) is 0 Å². The van der Waals surface area contributed by atoms with Gasteiger partial charge >= 0.3 is 5.97 Å². The van der Waals surface area contributed by atoms with Crippen molar-refractivity contribution < 1.29 is 28.7 Å². The van der Waals surface area contributed by atoms with Crippen molar-refractivity contribution >= 4 is 41.5 Å². The zero-order chi connectivity index (χ0) is 16.9. The summed E-state index contributed by atoms with van der Waals surface area (Å²) in [4.78, 5) is 23.4. The highest BCUT2D eigenvalue weighted by Gasteiger charge is 2.25. The topological polar surface area (TPSA) is 87.7 Å². The number of nitrogens with zero attached hydrogens (tertiary/aromatic N) is 1. The van der Waals surface area contributed by atoms with Gasteiger partial charge in [0.25, 0.3) is 0 Å². The van der Waals surface area contributed by atoms with Crippen molar-refractivity contribution in [1.29, 1.82) is 0 Å². The molecule has 1 aliphatic rings. The molecule has 1 aromatic rings. The number of anilines is 1. The molecule has 0 bridgehead atoms. The van der Waals surface area contributed by atoms with Gasteiger partial charge in [-0.05, 0) is 18.2 Å². The van der Waals surface area contributed by atoms with Crippen molar-refractivity contribution in [2.45, 2.75) is 6.42 Å². The van der Waals surface area contributed by atoms with Crippen LogP contribution < -0.4 is 10.4 Å². The molecule has 7 nitrogen and oxygen atoms in total. The highest BCUT2D eigenvalue weighted by atomic mass is 127. The van der Waals surface area contributed by atoms with Gasteiger partial charge < -0.3 is 24.4 Å². The van der Waals surface area contributed by atoms with E-state index in [-0.39, 0.29) is 35.4 Å². The van der Waals surface area contributed by atoms with Crippen LogP contribution in [-0.4, -0.2) is 63.4 Å². The zero-order valence-electron chi connectivity index (χ0n) is 13.9. The number of carbonyl (C=O) groups is 2. The molecule has 8 heteroatoms. The number of quaternary nitrogens is 1. The van der Waals surface area contributed by atoms with Gasteiger partial charge in [0, 0.05) is 5.69 Å². The maximum atomic E-state index is 12.0. The monoisotopic (exact) mass is 450 g/mol. The SMILES string of the molecule is COC(=O)c1ccc(NC(=O)CC[N+]2(C)CCOCC2)cc1[O-].I. The Labute approximate surface area is 158 Å². The maximum absolute atomic E-state index is 12.0. The number of ether oxygens (including phenoxy) is 2. The van der Waals surface area contributed by atoms with Crippen molar-refractivity contribution in [3.05, 3.63) is 23.8 Å². The zero-order valence-corrected chi connectivity index (χ0v) is 16.2. The summed E-state index contributed by atoms with van der Waals surface area (Å²) in [5.41, 5.74) is 0.342. The summed E-state index contributed by atoms with van der Waals surface area (Å²) in [7, 11) is 3.32. The van der Waals surface area contributed by atoms with Gasteiger partial charge in [-0.2, -0.15) is 0 Å². The fourth-order valence-electron chi connectivity index (χ4n) is 2.48. The maximum Gasteiger partial charge on any atom is 0.337 e. The van der Waals surface area contributed by atoms with E-state index in [0.717, 1.165) is 24.1 Å². The van der Waals surface area contributed by atoms with Gasteiger partial charge in [-0.25, -0.2) is 4.79 Å². The smallest absolute Gasteiger partial charge is 0.337 e. The minimum Gasteiger partial charge on any atom is -0.872 e. The number of likely N-dealkylation sites (N-methyl/N-ethyl adjacent to an activating group) is 1. The van der Waals surface area contributed by atoms with E-state index in [4.69, 9.17) is 4.74 Å². The van der Waals surface area contributed by atoms with Crippen molar-refractivity contribution in [3.8, 4) is 5.75 Å². The number of rotatable bonds is 5. The van der Waals surface area contributed by atoms with Gasteiger partial charge in [0.2, 0.25) is 5.91 Å². The molecule has 1 fully saturated rings. The largest absolute Gasteiger partial charge is 0.872 e. The lowest BCUT2D eigenvalue weighted by molar-refractivity contribution is -0.916. The van der Waals surface area contributed by atoms with Crippen LogP contribution in [0.25, 0.3) is 0 Å². The van der Waals surface area contributed by atoms with Gasteiger partial charge in [0.15, 0.2) is 0 Å². The van der Waals surface area contributed by atoms with Crippen LogP contribution in [0, 0.1) is 0 Å². The number of carbonyl (C=O) groups excluding carboxylic acids is 2. The number of amides is 1. The second-order valence-electron chi connectivity index (χ2n) is 5.90. The molecule has 0 aromatic heterocycles. The first-order valence-electron chi connectivity index (χ1n) is 7.54. The summed E-state index contributed by atoms with van der Waals surface area (Å²) in [5, 5.41) is 14.5. The predicted molar refractivity (Wildman–Crippen MR) is 97.5 cm³/mol. The van der Waals surface area contributed by atoms with Gasteiger partial charge in [-0.15, -0.1) is 24.0 Å². The molecule has 1 N–H and O–H groups in total. The Morgan fingerprint density at radius 1 is 1.33 bits per heavy atom. The number of morpholine rings is 1. The summed E-state index contributed by atoms with van der Waals surface area (Å²) >= 11 is 0. The Hall–Kier alpha value is -1.39. The molecular formula is C16H23IN2O5. The first kappa shape index (κ1) is 20.7. The second kappa shape index (κ2) is 9.19. The molecule has 24 heavy (non-hydrogen) atoms. The summed E-state index contributed by atoms with van der Waals surface area (Å²) in [6.07, 6.45) is 0.365. The third-order valence-corrected chi connectivity index (χ3v) is 4.10. The van der Waals surface area contributed by atoms with E-state index in [1.54, 1.807) is 0 Å². The van der Waals surface area contributed by atoms with Crippen LogP contribution in [0.4, 0.5) is 5.69 Å². The van der Waals surface area contributed by atoms with Crippen LogP contribution >= 0.6 is 24.0 Å². The highest BCUT2D eigenvalue weighted by molar-refractivity contribution is 14.0. The molecule has 1 saturated heterocycles. The van der Waals surface area contributed by atoms with Gasteiger partial charge in [0.1, 0.15) is 13.1 Å². The average molecular weight is 450 g/mol. The fraction of sp³-hybridized carbons (Fsp3) is 0.500. The summed E-state index contributed by atoms with van der Waals surface area (Å²) in [6.45, 7) is 3.94. The Morgan fingerprint density at radius 3 is 2.58 bits per heavy atom. The van der Waals surface area contributed by atoms with Crippen LogP contribution in [0.2, 0.25) is 0 Å². The van der Waals surface area contributed by atoms with Crippen LogP contribution in [0.5, 0.6) is 5.75 Å². The highest BCUT2D eigenvalue weighted by Crippen LogP contribution is 2.20. The molecule has 1 aliphatic heterocycles.